The molecular weight excluding hydrogens is 342 g/mol. The summed E-state index contributed by atoms with van der Waals surface area (Å²) in [5, 5.41) is 4.01. The van der Waals surface area contributed by atoms with E-state index in [1.54, 1.807) is 12.3 Å². The molecule has 108 valence electrons. The Morgan fingerprint density at radius 1 is 1.55 bits per heavy atom. The molecule has 0 heterocycles. The topological polar surface area (TPSA) is 68.9 Å². The highest BCUT2D eigenvalue weighted by molar-refractivity contribution is 9.10. The van der Waals surface area contributed by atoms with Crippen molar-refractivity contribution >= 4 is 39.5 Å². The van der Waals surface area contributed by atoms with Crippen molar-refractivity contribution in [1.82, 2.24) is 5.43 Å². The number of nitrogens with zero attached hydrogens (tertiary/aromatic N) is 1. The van der Waals surface area contributed by atoms with Crippen molar-refractivity contribution in [2.24, 2.45) is 10.8 Å². The summed E-state index contributed by atoms with van der Waals surface area (Å²) in [5.41, 5.74) is 8.59. The van der Waals surface area contributed by atoms with Gasteiger partial charge in [0.15, 0.2) is 16.6 Å². The SMILES string of the molecule is C=CCOc1c(Br)cc(C=NNC(N)=S)cc1OCC. The van der Waals surface area contributed by atoms with E-state index in [1.165, 1.54) is 0 Å². The van der Waals surface area contributed by atoms with E-state index in [0.717, 1.165) is 10.0 Å². The van der Waals surface area contributed by atoms with Crippen LogP contribution in [-0.2, 0) is 0 Å². The highest BCUT2D eigenvalue weighted by atomic mass is 79.9. The number of hydrazone groups is 1. The van der Waals surface area contributed by atoms with Crippen LogP contribution in [-0.4, -0.2) is 24.5 Å². The van der Waals surface area contributed by atoms with Crippen molar-refractivity contribution in [3.05, 3.63) is 34.8 Å². The number of nitrogens with one attached hydrogen (secondary N) is 1. The fraction of sp³-hybridized carbons (Fsp3) is 0.231. The lowest BCUT2D eigenvalue weighted by Gasteiger charge is -2.13. The number of hydrogen-bond donors (Lipinski definition) is 2. The molecule has 0 aliphatic heterocycles. The van der Waals surface area contributed by atoms with E-state index >= 15 is 0 Å². The van der Waals surface area contributed by atoms with Gasteiger partial charge in [-0.05, 0) is 52.8 Å². The third kappa shape index (κ3) is 5.18. The molecule has 1 aromatic carbocycles. The maximum Gasteiger partial charge on any atom is 0.184 e. The molecule has 1 aromatic rings. The van der Waals surface area contributed by atoms with Crippen LogP contribution >= 0.6 is 28.1 Å². The van der Waals surface area contributed by atoms with Crippen molar-refractivity contribution in [3.63, 3.8) is 0 Å². The van der Waals surface area contributed by atoms with Crippen LogP contribution < -0.4 is 20.6 Å². The number of halogens is 1. The molecule has 0 spiro atoms. The molecule has 0 saturated carbocycles. The standard InChI is InChI=1S/C13H16BrN3O2S/c1-3-5-19-12-10(14)6-9(7-11(12)18-4-2)8-16-17-13(15)20/h3,6-8H,1,4-5H2,2H3,(H3,15,17,20). The van der Waals surface area contributed by atoms with Crippen LogP contribution in [0.2, 0.25) is 0 Å². The normalized spacial score (nSPS) is 10.3. The Morgan fingerprint density at radius 2 is 2.30 bits per heavy atom. The zero-order valence-corrected chi connectivity index (χ0v) is 13.5. The van der Waals surface area contributed by atoms with E-state index in [-0.39, 0.29) is 5.11 Å². The number of ether oxygens (including phenoxy) is 2. The molecule has 0 aliphatic carbocycles. The Bertz CT molecular complexity index is 521. The first-order valence-corrected chi connectivity index (χ1v) is 7.07. The molecule has 0 unspecified atom stereocenters. The third-order valence-electron chi connectivity index (χ3n) is 2.07. The van der Waals surface area contributed by atoms with Crippen LogP contribution in [0.25, 0.3) is 0 Å². The minimum absolute atomic E-state index is 0.108. The molecule has 20 heavy (non-hydrogen) atoms. The fourth-order valence-electron chi connectivity index (χ4n) is 1.38. The van der Waals surface area contributed by atoms with Crippen molar-refractivity contribution in [2.75, 3.05) is 13.2 Å². The maximum absolute atomic E-state index is 5.58. The van der Waals surface area contributed by atoms with E-state index in [2.05, 4.69) is 45.3 Å². The Balaban J connectivity index is 3.02. The molecule has 0 radical (unpaired) electrons. The van der Waals surface area contributed by atoms with Gasteiger partial charge in [0.2, 0.25) is 0 Å². The van der Waals surface area contributed by atoms with Gasteiger partial charge in [-0.25, -0.2) is 0 Å². The van der Waals surface area contributed by atoms with E-state index < -0.39 is 0 Å². The highest BCUT2D eigenvalue weighted by Gasteiger charge is 2.11. The first kappa shape index (κ1) is 16.5. The Hall–Kier alpha value is -1.60. The summed E-state index contributed by atoms with van der Waals surface area (Å²) in [7, 11) is 0. The lowest BCUT2D eigenvalue weighted by Crippen LogP contribution is -2.23. The minimum atomic E-state index is 0.108. The van der Waals surface area contributed by atoms with E-state index in [9.17, 15) is 0 Å². The predicted molar refractivity (Wildman–Crippen MR) is 88.5 cm³/mol. The first-order chi connectivity index (χ1) is 9.58. The van der Waals surface area contributed by atoms with Gasteiger partial charge in [-0.1, -0.05) is 12.7 Å². The molecule has 0 fully saturated rings. The second-order valence-electron chi connectivity index (χ2n) is 3.60. The average Bonchev–Trinajstić information content (AvgIpc) is 2.38. The first-order valence-electron chi connectivity index (χ1n) is 5.87. The second kappa shape index (κ2) is 8.55. The zero-order valence-electron chi connectivity index (χ0n) is 11.1. The smallest absolute Gasteiger partial charge is 0.184 e. The average molecular weight is 358 g/mol. The minimum Gasteiger partial charge on any atom is -0.490 e. The van der Waals surface area contributed by atoms with Crippen LogP contribution in [0.4, 0.5) is 0 Å². The Labute approximate surface area is 132 Å². The van der Waals surface area contributed by atoms with Gasteiger partial charge in [0.25, 0.3) is 0 Å². The van der Waals surface area contributed by atoms with Crippen LogP contribution in [0.1, 0.15) is 12.5 Å². The molecule has 0 bridgehead atoms. The zero-order chi connectivity index (χ0) is 15.0. The highest BCUT2D eigenvalue weighted by Crippen LogP contribution is 2.36. The van der Waals surface area contributed by atoms with E-state index in [1.807, 2.05) is 19.1 Å². The van der Waals surface area contributed by atoms with Crippen molar-refractivity contribution in [2.45, 2.75) is 6.92 Å². The summed E-state index contributed by atoms with van der Waals surface area (Å²) in [5.74, 6) is 1.26. The van der Waals surface area contributed by atoms with Crippen LogP contribution in [0.15, 0.2) is 34.4 Å². The number of nitrogens with two attached hydrogens (primary N) is 1. The van der Waals surface area contributed by atoms with Crippen LogP contribution in [0.5, 0.6) is 11.5 Å². The molecule has 5 nitrogen and oxygen atoms in total. The predicted octanol–water partition coefficient (Wildman–Crippen LogP) is 2.58. The monoisotopic (exact) mass is 357 g/mol. The fourth-order valence-corrected chi connectivity index (χ4v) is 2.01. The molecular formula is C13H16BrN3O2S. The number of benzene rings is 1. The maximum atomic E-state index is 5.58. The molecule has 7 heteroatoms. The van der Waals surface area contributed by atoms with Gasteiger partial charge in [0.05, 0.1) is 17.3 Å². The van der Waals surface area contributed by atoms with E-state index in [0.29, 0.717) is 24.7 Å². The lowest BCUT2D eigenvalue weighted by atomic mass is 10.2. The number of rotatable bonds is 7. The summed E-state index contributed by atoms with van der Waals surface area (Å²) in [6, 6.07) is 3.67. The quantitative estimate of drug-likeness (QED) is 0.339. The second-order valence-corrected chi connectivity index (χ2v) is 4.89. The summed E-state index contributed by atoms with van der Waals surface area (Å²) in [4.78, 5) is 0. The van der Waals surface area contributed by atoms with Gasteiger partial charge < -0.3 is 15.2 Å². The summed E-state index contributed by atoms with van der Waals surface area (Å²) < 4.78 is 11.9. The van der Waals surface area contributed by atoms with Gasteiger partial charge in [-0.3, -0.25) is 5.43 Å². The Morgan fingerprint density at radius 3 is 2.90 bits per heavy atom. The van der Waals surface area contributed by atoms with Gasteiger partial charge in [-0.15, -0.1) is 0 Å². The van der Waals surface area contributed by atoms with Crippen molar-refractivity contribution in [1.29, 1.82) is 0 Å². The van der Waals surface area contributed by atoms with Crippen molar-refractivity contribution < 1.29 is 9.47 Å². The van der Waals surface area contributed by atoms with Crippen LogP contribution in [0.3, 0.4) is 0 Å². The largest absolute Gasteiger partial charge is 0.490 e. The van der Waals surface area contributed by atoms with Gasteiger partial charge in [0, 0.05) is 0 Å². The number of thiocarbonyl (C=S) groups is 1. The molecule has 0 amide bonds. The molecule has 0 saturated heterocycles. The van der Waals surface area contributed by atoms with Crippen LogP contribution in [0, 0.1) is 0 Å². The lowest BCUT2D eigenvalue weighted by molar-refractivity contribution is 0.295. The van der Waals surface area contributed by atoms with Gasteiger partial charge in [-0.2, -0.15) is 5.10 Å². The summed E-state index contributed by atoms with van der Waals surface area (Å²) in [6.07, 6.45) is 3.26. The Kier molecular flexibility index (Phi) is 7.03. The van der Waals surface area contributed by atoms with E-state index in [4.69, 9.17) is 15.2 Å². The molecule has 1 rings (SSSR count). The summed E-state index contributed by atoms with van der Waals surface area (Å²) >= 11 is 8.11. The molecule has 0 aliphatic rings. The number of hydrogen-bond acceptors (Lipinski definition) is 4. The van der Waals surface area contributed by atoms with Crippen molar-refractivity contribution in [3.8, 4) is 11.5 Å². The third-order valence-corrected chi connectivity index (χ3v) is 2.75. The molecule has 0 atom stereocenters. The van der Waals surface area contributed by atoms with Gasteiger partial charge >= 0.3 is 0 Å². The molecule has 0 aromatic heterocycles. The molecule has 3 N–H and O–H groups in total. The summed E-state index contributed by atoms with van der Waals surface area (Å²) in [6.45, 7) is 6.45. The van der Waals surface area contributed by atoms with Gasteiger partial charge in [0.1, 0.15) is 6.61 Å².